The van der Waals surface area contributed by atoms with Crippen LogP contribution in [-0.2, 0) is 0 Å². The average molecular weight is 270 g/mol. The lowest BCUT2D eigenvalue weighted by Gasteiger charge is -2.32. The predicted octanol–water partition coefficient (Wildman–Crippen LogP) is 2.66. The highest BCUT2D eigenvalue weighted by atomic mass is 79.9. The van der Waals surface area contributed by atoms with Crippen molar-refractivity contribution in [1.29, 1.82) is 0 Å². The summed E-state index contributed by atoms with van der Waals surface area (Å²) in [5.41, 5.74) is 1.28. The Morgan fingerprint density at radius 2 is 2.07 bits per heavy atom. The molecule has 1 heterocycles. The molecule has 0 bridgehead atoms. The van der Waals surface area contributed by atoms with Gasteiger partial charge in [-0.05, 0) is 37.0 Å². The SMILES string of the molecule is OCC1CCN(c2cccc(Br)c2)CC1. The number of rotatable bonds is 2. The number of nitrogens with zero attached hydrogens (tertiary/aromatic N) is 1. The van der Waals surface area contributed by atoms with E-state index >= 15 is 0 Å². The van der Waals surface area contributed by atoms with Crippen molar-refractivity contribution in [2.45, 2.75) is 12.8 Å². The van der Waals surface area contributed by atoms with Crippen molar-refractivity contribution in [2.75, 3.05) is 24.6 Å². The summed E-state index contributed by atoms with van der Waals surface area (Å²) in [5.74, 6) is 0.508. The third-order valence-corrected chi connectivity index (χ3v) is 3.54. The first kappa shape index (κ1) is 11.0. The van der Waals surface area contributed by atoms with E-state index in [-0.39, 0.29) is 0 Å². The highest BCUT2D eigenvalue weighted by Gasteiger charge is 2.18. The Morgan fingerprint density at radius 3 is 2.67 bits per heavy atom. The molecule has 1 aliphatic rings. The molecule has 0 spiro atoms. The molecule has 2 nitrogen and oxygen atoms in total. The van der Waals surface area contributed by atoms with Gasteiger partial charge in [-0.3, -0.25) is 0 Å². The number of benzene rings is 1. The maximum atomic E-state index is 9.07. The second kappa shape index (κ2) is 4.99. The molecule has 1 aliphatic heterocycles. The lowest BCUT2D eigenvalue weighted by Crippen LogP contribution is -2.34. The van der Waals surface area contributed by atoms with Crippen molar-refractivity contribution in [3.8, 4) is 0 Å². The van der Waals surface area contributed by atoms with Gasteiger partial charge in [0, 0.05) is 29.9 Å². The molecule has 0 unspecified atom stereocenters. The molecule has 0 aromatic heterocycles. The number of piperidine rings is 1. The van der Waals surface area contributed by atoms with Gasteiger partial charge in [-0.1, -0.05) is 22.0 Å². The minimum Gasteiger partial charge on any atom is -0.396 e. The number of hydrogen-bond acceptors (Lipinski definition) is 2. The molecular weight excluding hydrogens is 254 g/mol. The van der Waals surface area contributed by atoms with Crippen LogP contribution in [0.1, 0.15) is 12.8 Å². The normalized spacial score (nSPS) is 18.1. The van der Waals surface area contributed by atoms with E-state index in [1.165, 1.54) is 5.69 Å². The van der Waals surface area contributed by atoms with Crippen molar-refractivity contribution in [1.82, 2.24) is 0 Å². The van der Waals surface area contributed by atoms with Crippen LogP contribution in [0.15, 0.2) is 28.7 Å². The van der Waals surface area contributed by atoms with Crippen molar-refractivity contribution >= 4 is 21.6 Å². The summed E-state index contributed by atoms with van der Waals surface area (Å²) < 4.78 is 1.13. The van der Waals surface area contributed by atoms with Crippen molar-refractivity contribution in [3.05, 3.63) is 28.7 Å². The van der Waals surface area contributed by atoms with Crippen LogP contribution < -0.4 is 4.90 Å². The topological polar surface area (TPSA) is 23.5 Å². The van der Waals surface area contributed by atoms with E-state index in [9.17, 15) is 0 Å². The van der Waals surface area contributed by atoms with Gasteiger partial charge in [0.15, 0.2) is 0 Å². The molecule has 1 N–H and O–H groups in total. The summed E-state index contributed by atoms with van der Waals surface area (Å²) in [6, 6.07) is 8.41. The summed E-state index contributed by atoms with van der Waals surface area (Å²) in [4.78, 5) is 2.39. The zero-order valence-corrected chi connectivity index (χ0v) is 10.3. The van der Waals surface area contributed by atoms with Gasteiger partial charge in [-0.25, -0.2) is 0 Å². The molecule has 1 saturated heterocycles. The zero-order valence-electron chi connectivity index (χ0n) is 8.69. The number of aliphatic hydroxyl groups is 1. The van der Waals surface area contributed by atoms with Gasteiger partial charge >= 0.3 is 0 Å². The number of anilines is 1. The molecule has 1 fully saturated rings. The van der Waals surface area contributed by atoms with E-state index in [4.69, 9.17) is 5.11 Å². The lowest BCUT2D eigenvalue weighted by atomic mass is 9.97. The zero-order chi connectivity index (χ0) is 10.7. The van der Waals surface area contributed by atoms with Crippen LogP contribution in [0.25, 0.3) is 0 Å². The van der Waals surface area contributed by atoms with Crippen LogP contribution in [0.5, 0.6) is 0 Å². The minimum atomic E-state index is 0.340. The van der Waals surface area contributed by atoms with Gasteiger partial charge in [-0.2, -0.15) is 0 Å². The number of hydrogen-bond donors (Lipinski definition) is 1. The quantitative estimate of drug-likeness (QED) is 0.893. The average Bonchev–Trinajstić information content (AvgIpc) is 2.29. The molecule has 0 radical (unpaired) electrons. The van der Waals surface area contributed by atoms with Crippen LogP contribution in [0.3, 0.4) is 0 Å². The summed E-state index contributed by atoms with van der Waals surface area (Å²) >= 11 is 3.49. The summed E-state index contributed by atoms with van der Waals surface area (Å²) in [6.07, 6.45) is 2.20. The van der Waals surface area contributed by atoms with E-state index in [0.717, 1.165) is 30.4 Å². The fourth-order valence-corrected chi connectivity index (χ4v) is 2.43. The van der Waals surface area contributed by atoms with Crippen LogP contribution in [0.4, 0.5) is 5.69 Å². The standard InChI is InChI=1S/C12H16BrNO/c13-11-2-1-3-12(8-11)14-6-4-10(9-15)5-7-14/h1-3,8,10,15H,4-7,9H2. The smallest absolute Gasteiger partial charge is 0.0460 e. The highest BCUT2D eigenvalue weighted by molar-refractivity contribution is 9.10. The van der Waals surface area contributed by atoms with Gasteiger partial charge in [0.1, 0.15) is 0 Å². The largest absolute Gasteiger partial charge is 0.396 e. The summed E-state index contributed by atoms with van der Waals surface area (Å²) in [6.45, 7) is 2.45. The molecule has 0 aliphatic carbocycles. The third-order valence-electron chi connectivity index (χ3n) is 3.05. The first-order valence-corrected chi connectivity index (χ1v) is 6.20. The molecule has 2 rings (SSSR count). The number of aliphatic hydroxyl groups excluding tert-OH is 1. The van der Waals surface area contributed by atoms with Gasteiger partial charge in [0.05, 0.1) is 0 Å². The van der Waals surface area contributed by atoms with Gasteiger partial charge in [0.25, 0.3) is 0 Å². The Kier molecular flexibility index (Phi) is 3.65. The van der Waals surface area contributed by atoms with Crippen LogP contribution in [0.2, 0.25) is 0 Å². The lowest BCUT2D eigenvalue weighted by molar-refractivity contribution is 0.203. The van der Waals surface area contributed by atoms with Crippen LogP contribution >= 0.6 is 15.9 Å². The van der Waals surface area contributed by atoms with Gasteiger partial charge in [-0.15, -0.1) is 0 Å². The molecule has 0 amide bonds. The monoisotopic (exact) mass is 269 g/mol. The second-order valence-corrected chi connectivity index (χ2v) is 5.01. The highest BCUT2D eigenvalue weighted by Crippen LogP contribution is 2.25. The molecule has 3 heteroatoms. The van der Waals surface area contributed by atoms with Gasteiger partial charge in [0.2, 0.25) is 0 Å². The summed E-state index contributed by atoms with van der Waals surface area (Å²) in [5, 5.41) is 9.07. The van der Waals surface area contributed by atoms with E-state index in [2.05, 4.69) is 39.0 Å². The molecule has 1 aromatic carbocycles. The second-order valence-electron chi connectivity index (χ2n) is 4.09. The Bertz CT molecular complexity index is 321. The molecular formula is C12H16BrNO. The van der Waals surface area contributed by atoms with Crippen molar-refractivity contribution in [2.24, 2.45) is 5.92 Å². The maximum Gasteiger partial charge on any atom is 0.0460 e. The Morgan fingerprint density at radius 1 is 1.33 bits per heavy atom. The van der Waals surface area contributed by atoms with E-state index in [1.54, 1.807) is 0 Å². The molecule has 1 aromatic rings. The van der Waals surface area contributed by atoms with Gasteiger partial charge < -0.3 is 10.0 Å². The predicted molar refractivity (Wildman–Crippen MR) is 66.2 cm³/mol. The molecule has 0 atom stereocenters. The Hall–Kier alpha value is -0.540. The minimum absolute atomic E-state index is 0.340. The Balaban J connectivity index is 2.01. The molecule has 15 heavy (non-hydrogen) atoms. The first-order chi connectivity index (χ1) is 7.29. The van der Waals surface area contributed by atoms with E-state index < -0.39 is 0 Å². The van der Waals surface area contributed by atoms with Crippen LogP contribution in [-0.4, -0.2) is 24.8 Å². The van der Waals surface area contributed by atoms with Crippen molar-refractivity contribution < 1.29 is 5.11 Å². The van der Waals surface area contributed by atoms with Crippen molar-refractivity contribution in [3.63, 3.8) is 0 Å². The molecule has 82 valence electrons. The number of halogens is 1. The van der Waals surface area contributed by atoms with Crippen LogP contribution in [0, 0.1) is 5.92 Å². The first-order valence-electron chi connectivity index (χ1n) is 5.41. The summed E-state index contributed by atoms with van der Waals surface area (Å²) in [7, 11) is 0. The Labute approximate surface area is 99.0 Å². The fraction of sp³-hybridized carbons (Fsp3) is 0.500. The fourth-order valence-electron chi connectivity index (χ4n) is 2.05. The van der Waals surface area contributed by atoms with E-state index in [1.807, 2.05) is 6.07 Å². The third kappa shape index (κ3) is 2.73. The molecule has 0 saturated carbocycles. The maximum absolute atomic E-state index is 9.07. The van der Waals surface area contributed by atoms with E-state index in [0.29, 0.717) is 12.5 Å².